The van der Waals surface area contributed by atoms with E-state index in [0.717, 1.165) is 18.5 Å². The van der Waals surface area contributed by atoms with Crippen molar-refractivity contribution >= 4 is 5.91 Å². The van der Waals surface area contributed by atoms with Crippen LogP contribution in [0.4, 0.5) is 0 Å². The summed E-state index contributed by atoms with van der Waals surface area (Å²) < 4.78 is 0. The van der Waals surface area contributed by atoms with E-state index in [1.54, 1.807) is 0 Å². The molecule has 0 saturated carbocycles. The molecule has 1 N–H and O–H groups in total. The van der Waals surface area contributed by atoms with Gasteiger partial charge in [0.15, 0.2) is 0 Å². The van der Waals surface area contributed by atoms with Crippen molar-refractivity contribution in [1.82, 2.24) is 5.32 Å². The predicted molar refractivity (Wildman–Crippen MR) is 52.1 cm³/mol. The van der Waals surface area contributed by atoms with Gasteiger partial charge in [0.1, 0.15) is 0 Å². The molecule has 2 rings (SSSR count). The first-order valence-corrected chi connectivity index (χ1v) is 4.65. The number of hydrogen-bond acceptors (Lipinski definition) is 1. The molecule has 1 fully saturated rings. The monoisotopic (exact) mass is 175 g/mol. The van der Waals surface area contributed by atoms with Crippen LogP contribution in [0.1, 0.15) is 13.3 Å². The highest BCUT2D eigenvalue weighted by Gasteiger charge is 2.20. The van der Waals surface area contributed by atoms with Gasteiger partial charge >= 0.3 is 0 Å². The maximum atomic E-state index is 11.5. The van der Waals surface area contributed by atoms with E-state index in [9.17, 15) is 4.79 Å². The molecule has 68 valence electrons. The van der Waals surface area contributed by atoms with Gasteiger partial charge in [-0.3, -0.25) is 4.79 Å². The molecule has 0 radical (unpaired) electrons. The van der Waals surface area contributed by atoms with E-state index in [1.807, 2.05) is 18.2 Å². The Morgan fingerprint density at radius 2 is 2.38 bits per heavy atom. The molecule has 1 unspecified atom stereocenters. The lowest BCUT2D eigenvalue weighted by Gasteiger charge is -2.18. The summed E-state index contributed by atoms with van der Waals surface area (Å²) in [5.41, 5.74) is 2.04. The summed E-state index contributed by atoms with van der Waals surface area (Å²) in [6.07, 6.45) is 9.18. The number of hydrogen-bond donors (Lipinski definition) is 1. The zero-order chi connectivity index (χ0) is 9.26. The maximum absolute atomic E-state index is 11.5. The third-order valence-corrected chi connectivity index (χ3v) is 2.41. The van der Waals surface area contributed by atoms with Gasteiger partial charge in [-0.25, -0.2) is 0 Å². The second-order valence-corrected chi connectivity index (χ2v) is 3.52. The number of fused-ring (bicyclic) bond motifs is 1. The second-order valence-electron chi connectivity index (χ2n) is 3.52. The van der Waals surface area contributed by atoms with Crippen LogP contribution >= 0.6 is 0 Å². The molecule has 1 saturated heterocycles. The van der Waals surface area contributed by atoms with Crippen molar-refractivity contribution in [3.63, 3.8) is 0 Å². The van der Waals surface area contributed by atoms with Crippen LogP contribution < -0.4 is 5.32 Å². The largest absolute Gasteiger partial charge is 0.352 e. The topological polar surface area (TPSA) is 29.1 Å². The van der Waals surface area contributed by atoms with Gasteiger partial charge in [-0.1, -0.05) is 31.2 Å². The normalized spacial score (nSPS) is 26.8. The van der Waals surface area contributed by atoms with Crippen molar-refractivity contribution in [2.75, 3.05) is 6.54 Å². The highest BCUT2D eigenvalue weighted by molar-refractivity contribution is 5.99. The molecule has 0 aromatic heterocycles. The molecule has 2 aliphatic rings. The SMILES string of the molecule is CC1C=CC=C2CCNC(=O)C2=C1. The van der Waals surface area contributed by atoms with Gasteiger partial charge in [0.2, 0.25) is 0 Å². The van der Waals surface area contributed by atoms with Crippen LogP contribution in [0.2, 0.25) is 0 Å². The second kappa shape index (κ2) is 3.21. The number of amides is 1. The quantitative estimate of drug-likeness (QED) is 0.595. The fourth-order valence-corrected chi connectivity index (χ4v) is 1.71. The molecule has 0 bridgehead atoms. The standard InChI is InChI=1S/C11H13NO/c1-8-3-2-4-9-5-6-12-11(13)10(9)7-8/h2-4,7-8H,5-6H2,1H3,(H,12,13). The van der Waals surface area contributed by atoms with Gasteiger partial charge in [-0.2, -0.15) is 0 Å². The van der Waals surface area contributed by atoms with Crippen LogP contribution in [-0.4, -0.2) is 12.5 Å². The number of allylic oxidation sites excluding steroid dienone is 4. The average molecular weight is 175 g/mol. The summed E-state index contributed by atoms with van der Waals surface area (Å²) in [6, 6.07) is 0. The molecular weight excluding hydrogens is 162 g/mol. The summed E-state index contributed by atoms with van der Waals surface area (Å²) >= 11 is 0. The number of carbonyl (C=O) groups excluding carboxylic acids is 1. The summed E-state index contributed by atoms with van der Waals surface area (Å²) in [4.78, 5) is 11.5. The predicted octanol–water partition coefficient (Wildman–Crippen LogP) is 1.56. The highest BCUT2D eigenvalue weighted by Crippen LogP contribution is 2.23. The van der Waals surface area contributed by atoms with E-state index in [2.05, 4.69) is 18.3 Å². The van der Waals surface area contributed by atoms with E-state index < -0.39 is 0 Å². The van der Waals surface area contributed by atoms with Crippen molar-refractivity contribution in [1.29, 1.82) is 0 Å². The van der Waals surface area contributed by atoms with Gasteiger partial charge in [0, 0.05) is 12.1 Å². The van der Waals surface area contributed by atoms with E-state index in [-0.39, 0.29) is 5.91 Å². The van der Waals surface area contributed by atoms with E-state index >= 15 is 0 Å². The molecule has 0 spiro atoms. The lowest BCUT2D eigenvalue weighted by atomic mass is 9.96. The minimum Gasteiger partial charge on any atom is -0.352 e. The van der Waals surface area contributed by atoms with Crippen LogP contribution in [0.15, 0.2) is 35.5 Å². The van der Waals surface area contributed by atoms with Gasteiger partial charge in [0.25, 0.3) is 5.91 Å². The molecule has 13 heavy (non-hydrogen) atoms. The van der Waals surface area contributed by atoms with Crippen molar-refractivity contribution in [3.8, 4) is 0 Å². The van der Waals surface area contributed by atoms with Gasteiger partial charge in [0.05, 0.1) is 0 Å². The third kappa shape index (κ3) is 1.57. The van der Waals surface area contributed by atoms with Crippen LogP contribution in [-0.2, 0) is 4.79 Å². The van der Waals surface area contributed by atoms with Crippen LogP contribution in [0.25, 0.3) is 0 Å². The van der Waals surface area contributed by atoms with Crippen LogP contribution in [0.3, 0.4) is 0 Å². The Morgan fingerprint density at radius 1 is 1.54 bits per heavy atom. The molecule has 0 aromatic carbocycles. The first-order valence-electron chi connectivity index (χ1n) is 4.65. The van der Waals surface area contributed by atoms with Gasteiger partial charge < -0.3 is 5.32 Å². The fraction of sp³-hybridized carbons (Fsp3) is 0.364. The lowest BCUT2D eigenvalue weighted by Crippen LogP contribution is -2.32. The van der Waals surface area contributed by atoms with Gasteiger partial charge in [-0.15, -0.1) is 0 Å². The Bertz CT molecular complexity index is 323. The van der Waals surface area contributed by atoms with Crippen LogP contribution in [0, 0.1) is 5.92 Å². The molecule has 1 aliphatic carbocycles. The summed E-state index contributed by atoms with van der Waals surface area (Å²) in [5.74, 6) is 0.431. The van der Waals surface area contributed by atoms with Crippen LogP contribution in [0.5, 0.6) is 0 Å². The summed E-state index contributed by atoms with van der Waals surface area (Å²) in [5, 5.41) is 2.85. The smallest absolute Gasteiger partial charge is 0.251 e. The average Bonchev–Trinajstić information content (AvgIpc) is 2.28. The van der Waals surface area contributed by atoms with Crippen molar-refractivity contribution in [2.45, 2.75) is 13.3 Å². The molecular formula is C11H13NO. The number of piperidine rings is 1. The number of carbonyl (C=O) groups is 1. The Labute approximate surface area is 78.0 Å². The molecule has 2 nitrogen and oxygen atoms in total. The first kappa shape index (κ1) is 8.30. The maximum Gasteiger partial charge on any atom is 0.251 e. The zero-order valence-electron chi connectivity index (χ0n) is 7.71. The molecule has 1 heterocycles. The number of nitrogens with one attached hydrogen (secondary N) is 1. The molecule has 1 amide bonds. The van der Waals surface area contributed by atoms with Gasteiger partial charge in [-0.05, 0) is 17.9 Å². The third-order valence-electron chi connectivity index (χ3n) is 2.41. The first-order chi connectivity index (χ1) is 6.27. The molecule has 2 heteroatoms. The van der Waals surface area contributed by atoms with E-state index in [0.29, 0.717) is 5.92 Å². The summed E-state index contributed by atoms with van der Waals surface area (Å²) in [6.45, 7) is 2.85. The fourth-order valence-electron chi connectivity index (χ4n) is 1.71. The molecule has 1 atom stereocenters. The van der Waals surface area contributed by atoms with E-state index in [1.165, 1.54) is 5.57 Å². The minimum atomic E-state index is 0.0769. The minimum absolute atomic E-state index is 0.0769. The summed E-state index contributed by atoms with van der Waals surface area (Å²) in [7, 11) is 0. The highest BCUT2D eigenvalue weighted by atomic mass is 16.1. The number of rotatable bonds is 0. The zero-order valence-corrected chi connectivity index (χ0v) is 7.71. The lowest BCUT2D eigenvalue weighted by molar-refractivity contribution is -0.117. The Kier molecular flexibility index (Phi) is 2.05. The Morgan fingerprint density at radius 3 is 3.23 bits per heavy atom. The van der Waals surface area contributed by atoms with Crippen molar-refractivity contribution in [3.05, 3.63) is 35.5 Å². The van der Waals surface area contributed by atoms with Crippen molar-refractivity contribution < 1.29 is 4.79 Å². The van der Waals surface area contributed by atoms with E-state index in [4.69, 9.17) is 0 Å². The van der Waals surface area contributed by atoms with Crippen molar-refractivity contribution in [2.24, 2.45) is 5.92 Å². The molecule has 0 aromatic rings. The Balaban J connectivity index is 2.39. The Hall–Kier alpha value is -1.31. The molecule has 1 aliphatic heterocycles.